The molecule has 6 heteroatoms. The van der Waals surface area contributed by atoms with E-state index >= 15 is 0 Å². The highest BCUT2D eigenvalue weighted by Gasteiger charge is 2.29. The van der Waals surface area contributed by atoms with E-state index in [4.69, 9.17) is 5.73 Å². The van der Waals surface area contributed by atoms with Crippen LogP contribution in [-0.2, 0) is 0 Å². The molecule has 1 aliphatic rings. The van der Waals surface area contributed by atoms with Gasteiger partial charge < -0.3 is 11.1 Å². The lowest BCUT2D eigenvalue weighted by Gasteiger charge is -2.19. The van der Waals surface area contributed by atoms with Gasteiger partial charge in [0.25, 0.3) is 5.91 Å². The summed E-state index contributed by atoms with van der Waals surface area (Å²) in [6.45, 7) is 0. The lowest BCUT2D eigenvalue weighted by Crippen LogP contribution is -2.39. The summed E-state index contributed by atoms with van der Waals surface area (Å²) in [5, 5.41) is 3.10. The fourth-order valence-electron chi connectivity index (χ4n) is 2.39. The van der Waals surface area contributed by atoms with Crippen molar-refractivity contribution in [2.75, 3.05) is 12.0 Å². The number of nitrogen functional groups attached to an aromatic ring is 1. The molecule has 1 amide bonds. The average molecular weight is 286 g/mol. The molecule has 1 saturated carbocycles. The van der Waals surface area contributed by atoms with Crippen LogP contribution in [0.5, 0.6) is 0 Å². The van der Waals surface area contributed by atoms with Crippen LogP contribution in [0.25, 0.3) is 0 Å². The fourth-order valence-corrected chi connectivity index (χ4v) is 3.33. The number of carbonyl (C=O) groups excluding carboxylic acids is 1. The van der Waals surface area contributed by atoms with Gasteiger partial charge in [-0.15, -0.1) is 0 Å². The van der Waals surface area contributed by atoms with E-state index in [1.807, 2.05) is 6.26 Å². The molecule has 0 heterocycles. The molecule has 1 fully saturated rings. The zero-order valence-corrected chi connectivity index (χ0v) is 11.4. The molecule has 2 unspecified atom stereocenters. The molecule has 0 radical (unpaired) electrons. The summed E-state index contributed by atoms with van der Waals surface area (Å²) >= 11 is 1.68. The molecular formula is C13H16F2N2OS. The molecule has 1 aliphatic carbocycles. The smallest absolute Gasteiger partial charge is 0.254 e. The Labute approximate surface area is 114 Å². The Morgan fingerprint density at radius 2 is 2.16 bits per heavy atom. The van der Waals surface area contributed by atoms with Crippen molar-refractivity contribution >= 4 is 23.4 Å². The number of hydrogen-bond acceptors (Lipinski definition) is 3. The van der Waals surface area contributed by atoms with Crippen LogP contribution >= 0.6 is 11.8 Å². The summed E-state index contributed by atoms with van der Waals surface area (Å²) in [4.78, 5) is 12.0. The predicted molar refractivity (Wildman–Crippen MR) is 73.2 cm³/mol. The van der Waals surface area contributed by atoms with E-state index in [9.17, 15) is 13.6 Å². The standard InChI is InChI=1S/C13H16F2N2OS/c1-19-11-4-2-3-10(11)17-13(18)8-5-7(14)6-9(16)12(8)15/h5-6,10-11H,2-4,16H2,1H3,(H,17,18). The number of benzene rings is 1. The fraction of sp³-hybridized carbons (Fsp3) is 0.462. The van der Waals surface area contributed by atoms with Crippen molar-refractivity contribution in [2.45, 2.75) is 30.6 Å². The number of halogens is 2. The summed E-state index contributed by atoms with van der Waals surface area (Å²) in [7, 11) is 0. The van der Waals surface area contributed by atoms with Gasteiger partial charge in [0.05, 0.1) is 11.3 Å². The zero-order valence-electron chi connectivity index (χ0n) is 10.6. The van der Waals surface area contributed by atoms with Gasteiger partial charge in [0.15, 0.2) is 5.82 Å². The van der Waals surface area contributed by atoms with E-state index < -0.39 is 17.5 Å². The highest BCUT2D eigenvalue weighted by molar-refractivity contribution is 7.99. The molecule has 104 valence electrons. The third-order valence-electron chi connectivity index (χ3n) is 3.38. The number of rotatable bonds is 3. The van der Waals surface area contributed by atoms with Crippen LogP contribution in [0.4, 0.5) is 14.5 Å². The minimum Gasteiger partial charge on any atom is -0.396 e. The van der Waals surface area contributed by atoms with Crippen molar-refractivity contribution in [3.8, 4) is 0 Å². The van der Waals surface area contributed by atoms with Gasteiger partial charge in [-0.05, 0) is 31.2 Å². The number of nitrogens with one attached hydrogen (secondary N) is 1. The highest BCUT2D eigenvalue weighted by Crippen LogP contribution is 2.29. The minimum atomic E-state index is -0.863. The second-order valence-electron chi connectivity index (χ2n) is 4.64. The summed E-state index contributed by atoms with van der Waals surface area (Å²) in [5.74, 6) is -2.18. The summed E-state index contributed by atoms with van der Waals surface area (Å²) in [5.41, 5.74) is 4.64. The lowest BCUT2D eigenvalue weighted by molar-refractivity contribution is 0.0934. The Morgan fingerprint density at radius 3 is 2.84 bits per heavy atom. The van der Waals surface area contributed by atoms with E-state index in [2.05, 4.69) is 5.32 Å². The Balaban J connectivity index is 2.16. The number of thioether (sulfide) groups is 1. The van der Waals surface area contributed by atoms with Crippen molar-refractivity contribution in [1.29, 1.82) is 0 Å². The van der Waals surface area contributed by atoms with Crippen molar-refractivity contribution in [3.05, 3.63) is 29.3 Å². The van der Waals surface area contributed by atoms with Crippen molar-refractivity contribution in [3.63, 3.8) is 0 Å². The normalized spacial score (nSPS) is 22.5. The van der Waals surface area contributed by atoms with E-state index in [0.717, 1.165) is 31.4 Å². The Kier molecular flexibility index (Phi) is 4.29. The third kappa shape index (κ3) is 3.00. The summed E-state index contributed by atoms with van der Waals surface area (Å²) in [6.07, 6.45) is 4.91. The number of hydrogen-bond donors (Lipinski definition) is 2. The van der Waals surface area contributed by atoms with Crippen LogP contribution in [0.3, 0.4) is 0 Å². The minimum absolute atomic E-state index is 0.00592. The van der Waals surface area contributed by atoms with Crippen molar-refractivity contribution in [2.24, 2.45) is 0 Å². The molecule has 1 aromatic carbocycles. The van der Waals surface area contributed by atoms with Crippen molar-refractivity contribution in [1.82, 2.24) is 5.32 Å². The molecule has 2 rings (SSSR count). The second-order valence-corrected chi connectivity index (χ2v) is 5.72. The quantitative estimate of drug-likeness (QED) is 0.840. The van der Waals surface area contributed by atoms with Crippen LogP contribution in [0.15, 0.2) is 12.1 Å². The van der Waals surface area contributed by atoms with E-state index in [0.29, 0.717) is 5.25 Å². The molecule has 1 aromatic rings. The lowest BCUT2D eigenvalue weighted by atomic mass is 10.1. The maximum absolute atomic E-state index is 13.7. The first kappa shape index (κ1) is 14.1. The largest absolute Gasteiger partial charge is 0.396 e. The van der Waals surface area contributed by atoms with Gasteiger partial charge >= 0.3 is 0 Å². The maximum Gasteiger partial charge on any atom is 0.254 e. The van der Waals surface area contributed by atoms with Gasteiger partial charge in [0.1, 0.15) is 5.82 Å². The van der Waals surface area contributed by atoms with Gasteiger partial charge in [-0.3, -0.25) is 4.79 Å². The first-order chi connectivity index (χ1) is 9.02. The van der Waals surface area contributed by atoms with Gasteiger partial charge in [-0.2, -0.15) is 11.8 Å². The van der Waals surface area contributed by atoms with Crippen molar-refractivity contribution < 1.29 is 13.6 Å². The molecule has 0 spiro atoms. The van der Waals surface area contributed by atoms with Gasteiger partial charge in [-0.25, -0.2) is 8.78 Å². The van der Waals surface area contributed by atoms with Crippen LogP contribution < -0.4 is 11.1 Å². The first-order valence-electron chi connectivity index (χ1n) is 6.11. The Bertz CT molecular complexity index is 496. The topological polar surface area (TPSA) is 55.1 Å². The van der Waals surface area contributed by atoms with Crippen LogP contribution in [0.2, 0.25) is 0 Å². The number of anilines is 1. The number of nitrogens with two attached hydrogens (primary N) is 1. The van der Waals surface area contributed by atoms with Crippen LogP contribution in [0.1, 0.15) is 29.6 Å². The van der Waals surface area contributed by atoms with Crippen LogP contribution in [-0.4, -0.2) is 23.5 Å². The summed E-state index contributed by atoms with van der Waals surface area (Å²) < 4.78 is 26.9. The highest BCUT2D eigenvalue weighted by atomic mass is 32.2. The summed E-state index contributed by atoms with van der Waals surface area (Å²) in [6, 6.07) is 1.75. The molecule has 3 N–H and O–H groups in total. The third-order valence-corrected chi connectivity index (χ3v) is 4.55. The first-order valence-corrected chi connectivity index (χ1v) is 7.40. The number of carbonyl (C=O) groups is 1. The monoisotopic (exact) mass is 286 g/mol. The van der Waals surface area contributed by atoms with Gasteiger partial charge in [-0.1, -0.05) is 6.42 Å². The molecule has 0 aliphatic heterocycles. The van der Waals surface area contributed by atoms with Gasteiger partial charge in [0, 0.05) is 11.3 Å². The molecule has 3 nitrogen and oxygen atoms in total. The zero-order chi connectivity index (χ0) is 14.0. The SMILES string of the molecule is CSC1CCCC1NC(=O)c1cc(F)cc(N)c1F. The number of amides is 1. The predicted octanol–water partition coefficient (Wildman–Crippen LogP) is 2.56. The average Bonchev–Trinajstić information content (AvgIpc) is 2.80. The molecular weight excluding hydrogens is 270 g/mol. The molecule has 2 atom stereocenters. The van der Waals surface area contributed by atoms with Gasteiger partial charge in [0.2, 0.25) is 0 Å². The van der Waals surface area contributed by atoms with E-state index in [-0.39, 0.29) is 17.3 Å². The maximum atomic E-state index is 13.7. The van der Waals surface area contributed by atoms with E-state index in [1.54, 1.807) is 11.8 Å². The molecule has 19 heavy (non-hydrogen) atoms. The second kappa shape index (κ2) is 5.77. The molecule has 0 bridgehead atoms. The van der Waals surface area contributed by atoms with E-state index in [1.165, 1.54) is 0 Å². The molecule has 0 saturated heterocycles. The Morgan fingerprint density at radius 1 is 1.42 bits per heavy atom. The van der Waals surface area contributed by atoms with Crippen LogP contribution in [0, 0.1) is 11.6 Å². The Hall–Kier alpha value is -1.30. The molecule has 0 aromatic heterocycles.